The molecule has 0 aromatic heterocycles. The number of aliphatic imine (C=N–C) groups is 1. The lowest BCUT2D eigenvalue weighted by Gasteiger charge is -2.30. The lowest BCUT2D eigenvalue weighted by atomic mass is 9.84. The molecule has 2 atom stereocenters. The number of nitrogens with one attached hydrogen (secondary N) is 2. The molecule has 1 aliphatic heterocycles. The molecule has 3 N–H and O–H groups in total. The second-order valence-corrected chi connectivity index (χ2v) is 9.52. The Hall–Kier alpha value is -3.36. The van der Waals surface area contributed by atoms with E-state index < -0.39 is 11.6 Å². The molecule has 0 saturated heterocycles. The molecule has 9 heteroatoms. The van der Waals surface area contributed by atoms with Crippen molar-refractivity contribution in [3.05, 3.63) is 106 Å². The predicted molar refractivity (Wildman–Crippen MR) is 150 cm³/mol. The average Bonchev–Trinajstić information content (AvgIpc) is 3.30. The fourth-order valence-electron chi connectivity index (χ4n) is 4.17. The summed E-state index contributed by atoms with van der Waals surface area (Å²) in [5.41, 5.74) is 6.33. The molecule has 0 unspecified atom stereocenters. The minimum absolute atomic E-state index is 0.0624. The number of rotatable bonds is 11. The van der Waals surface area contributed by atoms with Gasteiger partial charge in [0.15, 0.2) is 11.6 Å². The van der Waals surface area contributed by atoms with Crippen LogP contribution in [0.1, 0.15) is 35.6 Å². The number of hydrogen-bond acceptors (Lipinski definition) is 6. The predicted octanol–water partition coefficient (Wildman–Crippen LogP) is 5.37. The van der Waals surface area contributed by atoms with E-state index >= 15 is 0 Å². The number of hydrogen-bond donors (Lipinski definition) is 3. The smallest absolute Gasteiger partial charge is 0.266 e. The van der Waals surface area contributed by atoms with Gasteiger partial charge in [-0.1, -0.05) is 71.8 Å². The quantitative estimate of drug-likeness (QED) is 0.219. The Balaban J connectivity index is 1.74. The molecule has 38 heavy (non-hydrogen) atoms. The highest BCUT2D eigenvalue weighted by Crippen LogP contribution is 2.45. The van der Waals surface area contributed by atoms with Crippen LogP contribution in [0.2, 0.25) is 10.0 Å². The van der Waals surface area contributed by atoms with E-state index in [4.69, 9.17) is 42.8 Å². The van der Waals surface area contributed by atoms with Crippen LogP contribution in [-0.4, -0.2) is 42.7 Å². The van der Waals surface area contributed by atoms with E-state index in [1.54, 1.807) is 37.4 Å². The number of aliphatic hydroxyl groups excluding tert-OH is 1. The number of aliphatic hydroxyl groups is 1. The Bertz CT molecular complexity index is 1300. The van der Waals surface area contributed by atoms with E-state index in [-0.39, 0.29) is 18.9 Å². The second-order valence-electron chi connectivity index (χ2n) is 8.68. The summed E-state index contributed by atoms with van der Waals surface area (Å²) in [7, 11) is 1.62. The molecule has 7 nitrogen and oxygen atoms in total. The minimum Gasteiger partial charge on any atom is -0.494 e. The van der Waals surface area contributed by atoms with Gasteiger partial charge in [-0.2, -0.15) is 0 Å². The standard InChI is InChI=1S/C29H29Cl2N3O4/c1-32-34-28(36)29(16-5-9-20-7-3-2-4-8-20)26(24-15-12-22(30)19-25(24)31)38-27(33-29)21-10-13-23(14-11-21)37-18-6-17-35/h2-5,7-15,19,26,32,35H,6,16-18H2,1H3,(H,34,36)/b9-5+/t26-,29-/m0/s1. The zero-order valence-electron chi connectivity index (χ0n) is 20.9. The first-order valence-corrected chi connectivity index (χ1v) is 13.0. The normalized spacial score (nSPS) is 18.7. The maximum atomic E-state index is 13.6. The molecule has 4 rings (SSSR count). The van der Waals surface area contributed by atoms with Crippen LogP contribution in [0.25, 0.3) is 6.08 Å². The van der Waals surface area contributed by atoms with E-state index in [1.165, 1.54) is 0 Å². The summed E-state index contributed by atoms with van der Waals surface area (Å²) < 4.78 is 12.0. The molecule has 3 aromatic carbocycles. The van der Waals surface area contributed by atoms with Gasteiger partial charge >= 0.3 is 0 Å². The first-order valence-electron chi connectivity index (χ1n) is 12.2. The third-order valence-electron chi connectivity index (χ3n) is 6.05. The molecule has 1 heterocycles. The van der Waals surface area contributed by atoms with Crippen molar-refractivity contribution in [1.82, 2.24) is 10.9 Å². The maximum absolute atomic E-state index is 13.6. The summed E-state index contributed by atoms with van der Waals surface area (Å²) >= 11 is 12.8. The average molecular weight is 554 g/mol. The molecular weight excluding hydrogens is 525 g/mol. The van der Waals surface area contributed by atoms with Crippen molar-refractivity contribution in [1.29, 1.82) is 0 Å². The number of ether oxygens (including phenoxy) is 2. The van der Waals surface area contributed by atoms with Crippen molar-refractivity contribution < 1.29 is 19.4 Å². The van der Waals surface area contributed by atoms with Crippen molar-refractivity contribution >= 4 is 41.1 Å². The van der Waals surface area contributed by atoms with Gasteiger partial charge in [-0.25, -0.2) is 10.4 Å². The number of carbonyl (C=O) groups excluding carboxylic acids is 1. The second kappa shape index (κ2) is 12.9. The zero-order chi connectivity index (χ0) is 27.0. The van der Waals surface area contributed by atoms with Crippen molar-refractivity contribution in [3.63, 3.8) is 0 Å². The van der Waals surface area contributed by atoms with Gasteiger partial charge in [-0.15, -0.1) is 0 Å². The van der Waals surface area contributed by atoms with E-state index in [9.17, 15) is 4.79 Å². The van der Waals surface area contributed by atoms with E-state index in [0.717, 1.165) is 5.56 Å². The van der Waals surface area contributed by atoms with Crippen molar-refractivity contribution in [2.24, 2.45) is 4.99 Å². The molecule has 0 fully saturated rings. The Kier molecular flexibility index (Phi) is 9.42. The highest BCUT2D eigenvalue weighted by molar-refractivity contribution is 6.35. The van der Waals surface area contributed by atoms with Crippen LogP contribution in [0.3, 0.4) is 0 Å². The van der Waals surface area contributed by atoms with E-state index in [2.05, 4.69) is 10.9 Å². The Labute approximate surface area is 232 Å². The summed E-state index contributed by atoms with van der Waals surface area (Å²) in [6.45, 7) is 0.471. The summed E-state index contributed by atoms with van der Waals surface area (Å²) in [5.74, 6) is 0.595. The van der Waals surface area contributed by atoms with Crippen LogP contribution in [0.15, 0.2) is 83.9 Å². The fraction of sp³-hybridized carbons (Fsp3) is 0.241. The number of hydrazine groups is 1. The van der Waals surface area contributed by atoms with Gasteiger partial charge < -0.3 is 14.6 Å². The van der Waals surface area contributed by atoms with E-state index in [0.29, 0.717) is 45.8 Å². The van der Waals surface area contributed by atoms with Crippen LogP contribution in [-0.2, 0) is 9.53 Å². The number of nitrogens with zero attached hydrogens (tertiary/aromatic N) is 1. The summed E-state index contributed by atoms with van der Waals surface area (Å²) in [6.07, 6.45) is 3.82. The molecule has 0 bridgehead atoms. The molecule has 1 aliphatic rings. The molecule has 3 aromatic rings. The van der Waals surface area contributed by atoms with Crippen LogP contribution >= 0.6 is 23.2 Å². The summed E-state index contributed by atoms with van der Waals surface area (Å²) in [4.78, 5) is 18.5. The topological polar surface area (TPSA) is 92.2 Å². The Morgan fingerprint density at radius 3 is 2.58 bits per heavy atom. The minimum atomic E-state index is -1.36. The lowest BCUT2D eigenvalue weighted by Crippen LogP contribution is -2.51. The summed E-state index contributed by atoms with van der Waals surface area (Å²) in [5, 5.41) is 9.82. The molecule has 0 spiro atoms. The monoisotopic (exact) mass is 553 g/mol. The molecule has 198 valence electrons. The number of amides is 1. The lowest BCUT2D eigenvalue weighted by molar-refractivity contribution is -0.129. The molecular formula is C29H29Cl2N3O4. The maximum Gasteiger partial charge on any atom is 0.266 e. The number of benzene rings is 3. The van der Waals surface area contributed by atoms with Gasteiger partial charge in [0.2, 0.25) is 5.90 Å². The zero-order valence-corrected chi connectivity index (χ0v) is 22.4. The van der Waals surface area contributed by atoms with Gasteiger partial charge in [-0.3, -0.25) is 10.2 Å². The number of halogens is 2. The van der Waals surface area contributed by atoms with E-state index in [1.807, 2.05) is 54.6 Å². The Morgan fingerprint density at radius 2 is 1.89 bits per heavy atom. The van der Waals surface area contributed by atoms with Gasteiger partial charge in [-0.05, 0) is 42.0 Å². The molecule has 0 aliphatic carbocycles. The highest BCUT2D eigenvalue weighted by Gasteiger charge is 2.53. The summed E-state index contributed by atoms with van der Waals surface area (Å²) in [6, 6.07) is 22.1. The largest absolute Gasteiger partial charge is 0.494 e. The van der Waals surface area contributed by atoms with Crippen LogP contribution in [0.4, 0.5) is 0 Å². The first-order chi connectivity index (χ1) is 18.5. The Morgan fingerprint density at radius 1 is 1.13 bits per heavy atom. The first kappa shape index (κ1) is 27.7. The van der Waals surface area contributed by atoms with Crippen molar-refractivity contribution in [3.8, 4) is 5.75 Å². The van der Waals surface area contributed by atoms with Crippen molar-refractivity contribution in [2.75, 3.05) is 20.3 Å². The van der Waals surface area contributed by atoms with Gasteiger partial charge in [0.1, 0.15) is 5.75 Å². The SMILES string of the molecule is CNNC(=O)[C@@]1(C/C=C/c2ccccc2)N=C(c2ccc(OCCCO)cc2)O[C@H]1c1ccc(Cl)cc1Cl. The van der Waals surface area contributed by atoms with Gasteiger partial charge in [0.25, 0.3) is 5.91 Å². The molecule has 1 amide bonds. The fourth-order valence-corrected chi connectivity index (χ4v) is 4.67. The molecule has 0 radical (unpaired) electrons. The van der Waals surface area contributed by atoms with Crippen molar-refractivity contribution in [2.45, 2.75) is 24.5 Å². The van der Waals surface area contributed by atoms with Crippen LogP contribution in [0, 0.1) is 0 Å². The third-order valence-corrected chi connectivity index (χ3v) is 6.61. The third kappa shape index (κ3) is 6.37. The van der Waals surface area contributed by atoms with Gasteiger partial charge in [0.05, 0.1) is 6.61 Å². The highest BCUT2D eigenvalue weighted by atomic mass is 35.5. The van der Waals surface area contributed by atoms with Crippen LogP contribution < -0.4 is 15.6 Å². The number of carbonyl (C=O) groups is 1. The molecule has 0 saturated carbocycles. The van der Waals surface area contributed by atoms with Gasteiger partial charge in [0, 0.05) is 47.7 Å². The van der Waals surface area contributed by atoms with Crippen LogP contribution in [0.5, 0.6) is 5.75 Å².